The van der Waals surface area contributed by atoms with E-state index in [1.165, 1.54) is 53.9 Å². The first kappa shape index (κ1) is 21.4. The van der Waals surface area contributed by atoms with Gasteiger partial charge in [0.15, 0.2) is 0 Å². The lowest BCUT2D eigenvalue weighted by atomic mass is 10.0. The predicted molar refractivity (Wildman–Crippen MR) is 123 cm³/mol. The van der Waals surface area contributed by atoms with Crippen molar-refractivity contribution in [2.24, 2.45) is 0 Å². The molecule has 0 atom stereocenters. The maximum atomic E-state index is 3.56. The van der Waals surface area contributed by atoms with Crippen molar-refractivity contribution in [1.29, 1.82) is 0 Å². The monoisotopic (exact) mass is 397 g/mol. The molecule has 0 amide bonds. The minimum absolute atomic E-state index is 0.937. The number of rotatable bonds is 10. The van der Waals surface area contributed by atoms with Crippen LogP contribution in [0.25, 0.3) is 11.1 Å². The summed E-state index contributed by atoms with van der Waals surface area (Å²) in [5, 5.41) is 3.56. The topological polar surface area (TPSA) is 18.5 Å². The largest absolute Gasteiger partial charge is 0.311 e. The summed E-state index contributed by atoms with van der Waals surface area (Å²) < 4.78 is 2.50. The van der Waals surface area contributed by atoms with Crippen molar-refractivity contribution >= 4 is 11.9 Å². The molecule has 3 nitrogen and oxygen atoms in total. The fourth-order valence-electron chi connectivity index (χ4n) is 3.64. The number of likely N-dealkylation sites (N-methyl/N-ethyl adjacent to an activating group) is 1. The summed E-state index contributed by atoms with van der Waals surface area (Å²) >= 11 is 1.91. The van der Waals surface area contributed by atoms with Gasteiger partial charge in [0.05, 0.1) is 0 Å². The summed E-state index contributed by atoms with van der Waals surface area (Å²) in [6, 6.07) is 18.0. The van der Waals surface area contributed by atoms with E-state index in [4.69, 9.17) is 0 Å². The first-order valence-electron chi connectivity index (χ1n) is 10.8. The maximum Gasteiger partial charge on any atom is 0.0230 e. The summed E-state index contributed by atoms with van der Waals surface area (Å²) in [5.74, 6) is 0. The minimum Gasteiger partial charge on any atom is -0.311 e. The van der Waals surface area contributed by atoms with E-state index in [2.05, 4.69) is 76.9 Å². The Morgan fingerprint density at radius 1 is 0.857 bits per heavy atom. The molecule has 1 heterocycles. The van der Waals surface area contributed by atoms with E-state index in [9.17, 15) is 0 Å². The van der Waals surface area contributed by atoms with Crippen molar-refractivity contribution in [3.63, 3.8) is 0 Å². The van der Waals surface area contributed by atoms with Crippen molar-refractivity contribution in [1.82, 2.24) is 14.5 Å². The van der Waals surface area contributed by atoms with Gasteiger partial charge in [0.25, 0.3) is 0 Å². The van der Waals surface area contributed by atoms with Crippen LogP contribution in [0.2, 0.25) is 0 Å². The van der Waals surface area contributed by atoms with E-state index in [1.54, 1.807) is 0 Å². The standard InChI is InChI=1S/C24H35N3S/c1-3-26(4-2)19-16-25-20-21-8-10-22(11-9-21)23-12-14-24(15-13-23)28-27-17-6-5-7-18-27/h8-15,25H,3-7,16-20H2,1-2H3. The molecule has 1 aliphatic rings. The summed E-state index contributed by atoms with van der Waals surface area (Å²) in [6.45, 7) is 12.2. The number of nitrogens with zero attached hydrogens (tertiary/aromatic N) is 2. The van der Waals surface area contributed by atoms with Crippen LogP contribution in [-0.2, 0) is 6.54 Å². The molecular formula is C24H35N3S. The van der Waals surface area contributed by atoms with E-state index in [0.717, 1.165) is 32.7 Å². The zero-order valence-corrected chi connectivity index (χ0v) is 18.3. The van der Waals surface area contributed by atoms with Gasteiger partial charge < -0.3 is 10.2 Å². The number of hydrogen-bond acceptors (Lipinski definition) is 4. The lowest BCUT2D eigenvalue weighted by Crippen LogP contribution is -2.31. The Bertz CT molecular complexity index is 674. The molecule has 28 heavy (non-hydrogen) atoms. The van der Waals surface area contributed by atoms with Gasteiger partial charge in [0.2, 0.25) is 0 Å². The molecule has 1 fully saturated rings. The lowest BCUT2D eigenvalue weighted by molar-refractivity contribution is 0.302. The van der Waals surface area contributed by atoms with E-state index < -0.39 is 0 Å². The van der Waals surface area contributed by atoms with E-state index in [1.807, 2.05) is 11.9 Å². The second-order valence-corrected chi connectivity index (χ2v) is 8.68. The molecule has 0 aromatic heterocycles. The SMILES string of the molecule is CCN(CC)CCNCc1ccc(-c2ccc(SN3CCCCC3)cc2)cc1. The number of piperidine rings is 1. The Hall–Kier alpha value is -1.33. The predicted octanol–water partition coefficient (Wildman–Crippen LogP) is 5.28. The summed E-state index contributed by atoms with van der Waals surface area (Å²) in [7, 11) is 0. The molecule has 0 unspecified atom stereocenters. The van der Waals surface area contributed by atoms with Gasteiger partial charge in [-0.05, 0) is 66.7 Å². The van der Waals surface area contributed by atoms with Crippen molar-refractivity contribution in [2.45, 2.75) is 44.6 Å². The van der Waals surface area contributed by atoms with Crippen LogP contribution in [-0.4, -0.2) is 48.5 Å². The molecule has 0 spiro atoms. The summed E-state index contributed by atoms with van der Waals surface area (Å²) in [4.78, 5) is 3.79. The lowest BCUT2D eigenvalue weighted by Gasteiger charge is -2.25. The Kier molecular flexibility index (Phi) is 8.87. The quantitative estimate of drug-likeness (QED) is 0.434. The highest BCUT2D eigenvalue weighted by Gasteiger charge is 2.11. The zero-order chi connectivity index (χ0) is 19.6. The highest BCUT2D eigenvalue weighted by atomic mass is 32.2. The highest BCUT2D eigenvalue weighted by Crippen LogP contribution is 2.28. The van der Waals surface area contributed by atoms with E-state index >= 15 is 0 Å². The normalized spacial score (nSPS) is 15.2. The molecule has 152 valence electrons. The molecule has 2 aromatic carbocycles. The molecule has 1 N–H and O–H groups in total. The van der Waals surface area contributed by atoms with Crippen molar-refractivity contribution in [3.05, 3.63) is 54.1 Å². The van der Waals surface area contributed by atoms with Crippen molar-refractivity contribution in [3.8, 4) is 11.1 Å². The molecule has 0 radical (unpaired) electrons. The van der Waals surface area contributed by atoms with Gasteiger partial charge in [-0.1, -0.05) is 56.7 Å². The molecule has 1 saturated heterocycles. The average Bonchev–Trinajstić information content (AvgIpc) is 2.76. The van der Waals surface area contributed by atoms with Gasteiger partial charge >= 0.3 is 0 Å². The third-order valence-corrected chi connectivity index (χ3v) is 6.63. The highest BCUT2D eigenvalue weighted by molar-refractivity contribution is 7.97. The first-order chi connectivity index (χ1) is 13.8. The molecule has 0 saturated carbocycles. The van der Waals surface area contributed by atoms with Crippen LogP contribution >= 0.6 is 11.9 Å². The van der Waals surface area contributed by atoms with Crippen molar-refractivity contribution in [2.75, 3.05) is 39.3 Å². The van der Waals surface area contributed by atoms with Crippen LogP contribution in [0.3, 0.4) is 0 Å². The van der Waals surface area contributed by atoms with Crippen LogP contribution in [0.15, 0.2) is 53.4 Å². The number of benzene rings is 2. The van der Waals surface area contributed by atoms with Crippen LogP contribution in [0.1, 0.15) is 38.7 Å². The van der Waals surface area contributed by atoms with E-state index in [-0.39, 0.29) is 0 Å². The number of hydrogen-bond donors (Lipinski definition) is 1. The van der Waals surface area contributed by atoms with E-state index in [0.29, 0.717) is 0 Å². The van der Waals surface area contributed by atoms with Crippen LogP contribution in [0.5, 0.6) is 0 Å². The molecule has 3 rings (SSSR count). The first-order valence-corrected chi connectivity index (χ1v) is 11.6. The third-order valence-electron chi connectivity index (χ3n) is 5.52. The Morgan fingerprint density at radius 2 is 1.46 bits per heavy atom. The molecule has 0 bridgehead atoms. The van der Waals surface area contributed by atoms with Crippen LogP contribution in [0.4, 0.5) is 0 Å². The van der Waals surface area contributed by atoms with Gasteiger partial charge in [0, 0.05) is 37.6 Å². The Morgan fingerprint density at radius 3 is 2.07 bits per heavy atom. The fraction of sp³-hybridized carbons (Fsp3) is 0.500. The maximum absolute atomic E-state index is 3.56. The molecule has 1 aliphatic heterocycles. The van der Waals surface area contributed by atoms with Gasteiger partial charge in [-0.3, -0.25) is 0 Å². The molecule has 0 aliphatic carbocycles. The fourth-order valence-corrected chi connectivity index (χ4v) is 4.63. The zero-order valence-electron chi connectivity index (χ0n) is 17.5. The Labute approximate surface area is 175 Å². The third kappa shape index (κ3) is 6.63. The second-order valence-electron chi connectivity index (χ2n) is 7.51. The minimum atomic E-state index is 0.937. The molecule has 4 heteroatoms. The van der Waals surface area contributed by atoms with Crippen molar-refractivity contribution < 1.29 is 0 Å². The smallest absolute Gasteiger partial charge is 0.0230 e. The van der Waals surface area contributed by atoms with Gasteiger partial charge in [-0.15, -0.1) is 0 Å². The summed E-state index contributed by atoms with van der Waals surface area (Å²) in [5.41, 5.74) is 3.94. The van der Waals surface area contributed by atoms with Gasteiger partial charge in [-0.2, -0.15) is 0 Å². The second kappa shape index (κ2) is 11.6. The summed E-state index contributed by atoms with van der Waals surface area (Å²) in [6.07, 6.45) is 4.06. The molecular weight excluding hydrogens is 362 g/mol. The van der Waals surface area contributed by atoms with Crippen LogP contribution in [0, 0.1) is 0 Å². The van der Waals surface area contributed by atoms with Gasteiger partial charge in [-0.25, -0.2) is 4.31 Å². The van der Waals surface area contributed by atoms with Gasteiger partial charge in [0.1, 0.15) is 0 Å². The average molecular weight is 398 g/mol. The number of nitrogens with one attached hydrogen (secondary N) is 1. The van der Waals surface area contributed by atoms with Crippen LogP contribution < -0.4 is 5.32 Å². The Balaban J connectivity index is 1.47. The molecule has 2 aromatic rings.